The smallest absolute Gasteiger partial charge is 0.410 e. The van der Waals surface area contributed by atoms with Gasteiger partial charge in [-0.25, -0.2) is 4.79 Å². The Balaban J connectivity index is 1.85. The molecule has 2 atom stereocenters. The summed E-state index contributed by atoms with van der Waals surface area (Å²) in [6.45, 7) is 11.2. The molecule has 0 aliphatic carbocycles. The quantitative estimate of drug-likeness (QED) is 0.504. The molecule has 1 aromatic heterocycles. The van der Waals surface area contributed by atoms with Gasteiger partial charge in [-0.05, 0) is 63.8 Å². The molecule has 1 saturated heterocycles. The number of anilines is 2. The van der Waals surface area contributed by atoms with Gasteiger partial charge in [-0.15, -0.1) is 5.10 Å². The van der Waals surface area contributed by atoms with E-state index >= 15 is 0 Å². The lowest BCUT2D eigenvalue weighted by Crippen LogP contribution is -2.62. The fourth-order valence-corrected chi connectivity index (χ4v) is 3.92. The number of nitrogens with zero attached hydrogens (tertiary/aromatic N) is 3. The van der Waals surface area contributed by atoms with Crippen molar-refractivity contribution in [3.8, 4) is 0 Å². The average Bonchev–Trinajstić information content (AvgIpc) is 3.19. The Bertz CT molecular complexity index is 947. The van der Waals surface area contributed by atoms with Crippen LogP contribution in [0.1, 0.15) is 49.5 Å². The summed E-state index contributed by atoms with van der Waals surface area (Å²) in [5.74, 6) is -0.0550. The monoisotopic (exact) mass is 447 g/mol. The first-order chi connectivity index (χ1) is 15.1. The van der Waals surface area contributed by atoms with Crippen molar-refractivity contribution in [2.24, 2.45) is 0 Å². The van der Waals surface area contributed by atoms with Crippen LogP contribution < -0.4 is 10.6 Å². The number of amides is 1. The molecule has 32 heavy (non-hydrogen) atoms. The second kappa shape index (κ2) is 9.85. The molecule has 2 aromatic rings. The number of carbonyl (C=O) groups is 1. The Labute approximate surface area is 188 Å². The van der Waals surface area contributed by atoms with Crippen molar-refractivity contribution in [1.29, 1.82) is 0 Å². The van der Waals surface area contributed by atoms with Crippen molar-refractivity contribution in [3.05, 3.63) is 34.7 Å². The summed E-state index contributed by atoms with van der Waals surface area (Å²) >= 11 is 0. The van der Waals surface area contributed by atoms with Crippen molar-refractivity contribution >= 4 is 17.8 Å². The van der Waals surface area contributed by atoms with Crippen LogP contribution in [0.15, 0.2) is 16.5 Å². The van der Waals surface area contributed by atoms with Gasteiger partial charge in [0.05, 0.1) is 18.2 Å². The Kier molecular flexibility index (Phi) is 7.37. The molecular formula is C22H33N5O5. The van der Waals surface area contributed by atoms with Gasteiger partial charge in [0, 0.05) is 25.3 Å². The summed E-state index contributed by atoms with van der Waals surface area (Å²) in [4.78, 5) is 14.6. The molecule has 0 radical (unpaired) electrons. The zero-order valence-electron chi connectivity index (χ0n) is 19.3. The summed E-state index contributed by atoms with van der Waals surface area (Å²) in [5.41, 5.74) is 3.44. The highest BCUT2D eigenvalue weighted by atomic mass is 16.6. The van der Waals surface area contributed by atoms with Gasteiger partial charge in [0.1, 0.15) is 0 Å². The standard InChI is InChI=1S/C22H33N5O5/c1-13(2)31-21(30)27-7-6-23-12-22(27,5)10-16-8-14(3)9-17(15(16)4)24-20-26-25-19(32-20)18(29)11-28/h8-9,13,18,23,28-29H,6-7,10-12H2,1-5H3,(H,24,26)/t18-,22-/m0/s1. The van der Waals surface area contributed by atoms with Crippen LogP contribution in [-0.2, 0) is 11.2 Å². The Morgan fingerprint density at radius 3 is 2.81 bits per heavy atom. The molecule has 0 unspecified atom stereocenters. The number of aliphatic hydroxyl groups excluding tert-OH is 2. The van der Waals surface area contributed by atoms with Crippen LogP contribution in [0.3, 0.4) is 0 Å². The predicted octanol–water partition coefficient (Wildman–Crippen LogP) is 2.21. The minimum Gasteiger partial charge on any atom is -0.447 e. The number of ether oxygens (including phenoxy) is 1. The maximum absolute atomic E-state index is 12.8. The fraction of sp³-hybridized carbons (Fsp3) is 0.591. The van der Waals surface area contributed by atoms with Gasteiger partial charge >= 0.3 is 12.1 Å². The molecule has 0 spiro atoms. The molecule has 1 fully saturated rings. The molecule has 4 N–H and O–H groups in total. The van der Waals surface area contributed by atoms with Gasteiger partial charge in [0.15, 0.2) is 6.10 Å². The van der Waals surface area contributed by atoms with E-state index in [9.17, 15) is 9.90 Å². The number of rotatable bonds is 7. The summed E-state index contributed by atoms with van der Waals surface area (Å²) in [6.07, 6.45) is -1.06. The SMILES string of the molecule is Cc1cc(C[C@@]2(C)CNCCN2C(=O)OC(C)C)c(C)c(Nc2nnc([C@@H](O)CO)o2)c1. The first-order valence-electron chi connectivity index (χ1n) is 10.8. The largest absolute Gasteiger partial charge is 0.447 e. The molecule has 0 bridgehead atoms. The zero-order chi connectivity index (χ0) is 23.5. The van der Waals surface area contributed by atoms with Crippen LogP contribution in [0.2, 0.25) is 0 Å². The third kappa shape index (κ3) is 5.37. The predicted molar refractivity (Wildman–Crippen MR) is 119 cm³/mol. The molecule has 3 rings (SSSR count). The lowest BCUT2D eigenvalue weighted by Gasteiger charge is -2.45. The Hall–Kier alpha value is -2.69. The Morgan fingerprint density at radius 1 is 1.38 bits per heavy atom. The van der Waals surface area contributed by atoms with Gasteiger partial charge in [-0.1, -0.05) is 11.2 Å². The van der Waals surface area contributed by atoms with Crippen LogP contribution in [0, 0.1) is 13.8 Å². The number of aromatic nitrogens is 2. The molecule has 0 saturated carbocycles. The molecule has 1 aromatic carbocycles. The van der Waals surface area contributed by atoms with Crippen molar-refractivity contribution in [2.45, 2.75) is 58.8 Å². The summed E-state index contributed by atoms with van der Waals surface area (Å²) in [5, 5.41) is 32.9. The number of aliphatic hydroxyl groups is 2. The summed E-state index contributed by atoms with van der Waals surface area (Å²) in [6, 6.07) is 4.21. The fourth-order valence-electron chi connectivity index (χ4n) is 3.92. The summed E-state index contributed by atoms with van der Waals surface area (Å²) in [7, 11) is 0. The van der Waals surface area contributed by atoms with Gasteiger partial charge in [-0.3, -0.25) is 4.90 Å². The topological polar surface area (TPSA) is 133 Å². The third-order valence-corrected chi connectivity index (χ3v) is 5.60. The maximum atomic E-state index is 12.8. The number of hydrogen-bond donors (Lipinski definition) is 4. The number of piperazine rings is 1. The van der Waals surface area contributed by atoms with E-state index in [-0.39, 0.29) is 24.1 Å². The lowest BCUT2D eigenvalue weighted by atomic mass is 9.86. The van der Waals surface area contributed by atoms with Crippen LogP contribution in [0.5, 0.6) is 0 Å². The van der Waals surface area contributed by atoms with Gasteiger partial charge in [0.2, 0.25) is 5.89 Å². The minimum absolute atomic E-state index is 0.0550. The van der Waals surface area contributed by atoms with E-state index in [1.54, 1.807) is 0 Å². The molecule has 1 amide bonds. The lowest BCUT2D eigenvalue weighted by molar-refractivity contribution is 0.0272. The number of aryl methyl sites for hydroxylation is 1. The van der Waals surface area contributed by atoms with E-state index < -0.39 is 18.2 Å². The van der Waals surface area contributed by atoms with Crippen LogP contribution in [0.25, 0.3) is 0 Å². The highest BCUT2D eigenvalue weighted by Gasteiger charge is 2.39. The van der Waals surface area contributed by atoms with Crippen molar-refractivity contribution < 1.29 is 24.2 Å². The normalized spacial score (nSPS) is 19.8. The van der Waals surface area contributed by atoms with Crippen molar-refractivity contribution in [3.63, 3.8) is 0 Å². The van der Waals surface area contributed by atoms with Crippen LogP contribution in [-0.4, -0.2) is 69.3 Å². The number of nitrogens with one attached hydrogen (secondary N) is 2. The van der Waals surface area contributed by atoms with Gasteiger partial charge in [-0.2, -0.15) is 0 Å². The van der Waals surface area contributed by atoms with E-state index in [0.717, 1.165) is 28.9 Å². The van der Waals surface area contributed by atoms with E-state index in [1.165, 1.54) is 0 Å². The molecule has 1 aliphatic rings. The third-order valence-electron chi connectivity index (χ3n) is 5.60. The van der Waals surface area contributed by atoms with Gasteiger partial charge < -0.3 is 30.0 Å². The first-order valence-corrected chi connectivity index (χ1v) is 10.8. The van der Waals surface area contributed by atoms with Crippen molar-refractivity contribution in [2.75, 3.05) is 31.6 Å². The number of carbonyl (C=O) groups excluding carboxylic acids is 1. The first kappa shape index (κ1) is 24.0. The highest BCUT2D eigenvalue weighted by molar-refractivity contribution is 5.69. The van der Waals surface area contributed by atoms with E-state index in [0.29, 0.717) is 19.5 Å². The number of hydrogen-bond acceptors (Lipinski definition) is 9. The van der Waals surface area contributed by atoms with Gasteiger partial charge in [0.25, 0.3) is 0 Å². The maximum Gasteiger partial charge on any atom is 0.410 e. The molecular weight excluding hydrogens is 414 g/mol. The molecule has 10 nitrogen and oxygen atoms in total. The molecule has 176 valence electrons. The second-order valence-electron chi connectivity index (χ2n) is 8.80. The zero-order valence-corrected chi connectivity index (χ0v) is 19.3. The highest BCUT2D eigenvalue weighted by Crippen LogP contribution is 2.31. The summed E-state index contributed by atoms with van der Waals surface area (Å²) < 4.78 is 10.9. The second-order valence-corrected chi connectivity index (χ2v) is 8.80. The molecule has 1 aliphatic heterocycles. The minimum atomic E-state index is -1.22. The van der Waals surface area contributed by atoms with Crippen LogP contribution in [0.4, 0.5) is 16.5 Å². The average molecular weight is 448 g/mol. The van der Waals surface area contributed by atoms with E-state index in [1.807, 2.05) is 38.7 Å². The number of benzene rings is 1. The molecule has 2 heterocycles. The van der Waals surface area contributed by atoms with E-state index in [2.05, 4.69) is 33.8 Å². The van der Waals surface area contributed by atoms with Crippen molar-refractivity contribution in [1.82, 2.24) is 20.4 Å². The Morgan fingerprint density at radius 2 is 2.12 bits per heavy atom. The molecule has 10 heteroatoms. The van der Waals surface area contributed by atoms with Crippen LogP contribution >= 0.6 is 0 Å². The van der Waals surface area contributed by atoms with E-state index in [4.69, 9.17) is 14.3 Å².